The lowest BCUT2D eigenvalue weighted by atomic mass is 10.6. The Kier molecular flexibility index (Phi) is 1.62. The number of hydrogen-bond acceptors (Lipinski definition) is 2. The van der Waals surface area contributed by atoms with Crippen molar-refractivity contribution in [3.05, 3.63) is 29.3 Å². The quantitative estimate of drug-likeness (QED) is 0.571. The average molecular weight is 140 g/mol. The van der Waals surface area contributed by atoms with Gasteiger partial charge in [0.05, 0.1) is 6.20 Å². The molecule has 0 aromatic carbocycles. The summed E-state index contributed by atoms with van der Waals surface area (Å²) in [4.78, 5) is 13.1. The number of imidazole rings is 1. The Morgan fingerprint density at radius 2 is 2.60 bits per heavy atom. The fourth-order valence-corrected chi connectivity index (χ4v) is 0.692. The molecule has 4 nitrogen and oxygen atoms in total. The SMILES string of the molecule is C=CCn1c(O)c[nH]c1=O. The van der Waals surface area contributed by atoms with Crippen molar-refractivity contribution in [3.63, 3.8) is 0 Å². The van der Waals surface area contributed by atoms with E-state index < -0.39 is 0 Å². The lowest BCUT2D eigenvalue weighted by molar-refractivity contribution is 0.423. The Labute approximate surface area is 57.4 Å². The molecule has 10 heavy (non-hydrogen) atoms. The molecule has 0 spiro atoms. The highest BCUT2D eigenvalue weighted by Crippen LogP contribution is 2.00. The molecule has 0 fully saturated rings. The van der Waals surface area contributed by atoms with Crippen LogP contribution >= 0.6 is 0 Å². The van der Waals surface area contributed by atoms with Crippen LogP contribution in [-0.2, 0) is 6.54 Å². The molecular formula is C6H8N2O2. The van der Waals surface area contributed by atoms with E-state index in [-0.39, 0.29) is 11.6 Å². The summed E-state index contributed by atoms with van der Waals surface area (Å²) in [5.41, 5.74) is -0.322. The summed E-state index contributed by atoms with van der Waals surface area (Å²) in [5.74, 6) is -0.0649. The summed E-state index contributed by atoms with van der Waals surface area (Å²) in [6.45, 7) is 3.76. The third-order valence-electron chi connectivity index (χ3n) is 1.16. The Morgan fingerprint density at radius 3 is 3.00 bits per heavy atom. The van der Waals surface area contributed by atoms with Gasteiger partial charge in [-0.05, 0) is 0 Å². The molecule has 0 aliphatic rings. The molecule has 0 radical (unpaired) electrons. The van der Waals surface area contributed by atoms with Crippen LogP contribution in [0.4, 0.5) is 0 Å². The minimum Gasteiger partial charge on any atom is -0.493 e. The van der Waals surface area contributed by atoms with E-state index in [2.05, 4.69) is 11.6 Å². The maximum absolute atomic E-state index is 10.7. The van der Waals surface area contributed by atoms with Crippen LogP contribution in [0.25, 0.3) is 0 Å². The maximum Gasteiger partial charge on any atom is 0.328 e. The summed E-state index contributed by atoms with van der Waals surface area (Å²) >= 11 is 0. The molecule has 2 N–H and O–H groups in total. The first-order valence-corrected chi connectivity index (χ1v) is 2.84. The highest BCUT2D eigenvalue weighted by Gasteiger charge is 1.99. The van der Waals surface area contributed by atoms with Gasteiger partial charge in [0.2, 0.25) is 5.88 Å². The number of hydrogen-bond donors (Lipinski definition) is 2. The van der Waals surface area contributed by atoms with Crippen LogP contribution in [0.5, 0.6) is 5.88 Å². The van der Waals surface area contributed by atoms with E-state index in [9.17, 15) is 4.79 Å². The number of aromatic nitrogens is 2. The fourth-order valence-electron chi connectivity index (χ4n) is 0.692. The van der Waals surface area contributed by atoms with Crippen LogP contribution in [0.1, 0.15) is 0 Å². The van der Waals surface area contributed by atoms with Crippen molar-refractivity contribution in [1.82, 2.24) is 9.55 Å². The van der Waals surface area contributed by atoms with Crippen molar-refractivity contribution in [1.29, 1.82) is 0 Å². The monoisotopic (exact) mass is 140 g/mol. The number of nitrogens with one attached hydrogen (secondary N) is 1. The summed E-state index contributed by atoms with van der Waals surface area (Å²) < 4.78 is 1.17. The molecule has 0 unspecified atom stereocenters. The van der Waals surface area contributed by atoms with Crippen molar-refractivity contribution in [2.75, 3.05) is 0 Å². The van der Waals surface area contributed by atoms with Crippen LogP contribution in [0.3, 0.4) is 0 Å². The van der Waals surface area contributed by atoms with Gasteiger partial charge in [0.25, 0.3) is 0 Å². The summed E-state index contributed by atoms with van der Waals surface area (Å²) in [6.07, 6.45) is 2.78. The van der Waals surface area contributed by atoms with Crippen LogP contribution in [0.15, 0.2) is 23.6 Å². The molecule has 1 heterocycles. The van der Waals surface area contributed by atoms with Gasteiger partial charge < -0.3 is 10.1 Å². The molecule has 0 bridgehead atoms. The zero-order valence-electron chi connectivity index (χ0n) is 5.37. The van der Waals surface area contributed by atoms with Gasteiger partial charge in [0, 0.05) is 6.54 Å². The highest BCUT2D eigenvalue weighted by atomic mass is 16.3. The van der Waals surface area contributed by atoms with E-state index in [1.165, 1.54) is 16.8 Å². The Bertz CT molecular complexity index is 284. The Balaban J connectivity index is 3.10. The fraction of sp³-hybridized carbons (Fsp3) is 0.167. The van der Waals surface area contributed by atoms with Crippen molar-refractivity contribution in [2.45, 2.75) is 6.54 Å². The topological polar surface area (TPSA) is 58.0 Å². The smallest absolute Gasteiger partial charge is 0.328 e. The van der Waals surface area contributed by atoms with Gasteiger partial charge in [-0.15, -0.1) is 6.58 Å². The number of rotatable bonds is 2. The lowest BCUT2D eigenvalue weighted by Gasteiger charge is -1.94. The van der Waals surface area contributed by atoms with E-state index in [0.717, 1.165) is 0 Å². The van der Waals surface area contributed by atoms with Crippen LogP contribution < -0.4 is 5.69 Å². The zero-order valence-corrected chi connectivity index (χ0v) is 5.37. The van der Waals surface area contributed by atoms with E-state index in [1.807, 2.05) is 0 Å². The van der Waals surface area contributed by atoms with Crippen molar-refractivity contribution in [2.24, 2.45) is 0 Å². The van der Waals surface area contributed by atoms with Crippen LogP contribution in [-0.4, -0.2) is 14.7 Å². The predicted octanol–water partition coefficient (Wildman–Crippen LogP) is 0.0680. The first kappa shape index (κ1) is 6.67. The number of allylic oxidation sites excluding steroid dienone is 1. The van der Waals surface area contributed by atoms with Crippen LogP contribution in [0.2, 0.25) is 0 Å². The van der Waals surface area contributed by atoms with Gasteiger partial charge in [-0.25, -0.2) is 4.79 Å². The molecule has 0 aliphatic heterocycles. The Morgan fingerprint density at radius 1 is 1.90 bits per heavy atom. The first-order chi connectivity index (χ1) is 4.75. The second-order valence-corrected chi connectivity index (χ2v) is 1.85. The predicted molar refractivity (Wildman–Crippen MR) is 36.9 cm³/mol. The number of nitrogens with zero attached hydrogens (tertiary/aromatic N) is 1. The summed E-state index contributed by atoms with van der Waals surface area (Å²) in [5, 5.41) is 8.95. The van der Waals surface area contributed by atoms with E-state index >= 15 is 0 Å². The molecule has 4 heteroatoms. The standard InChI is InChI=1S/C6H8N2O2/c1-2-3-8-5(9)4-7-6(8)10/h2,4,9H,1,3H2,(H,7,10). The second kappa shape index (κ2) is 2.43. The molecule has 0 aliphatic carbocycles. The van der Waals surface area contributed by atoms with Gasteiger partial charge in [0.1, 0.15) is 0 Å². The molecular weight excluding hydrogens is 132 g/mol. The van der Waals surface area contributed by atoms with Crippen molar-refractivity contribution in [3.8, 4) is 5.88 Å². The minimum absolute atomic E-state index is 0.0649. The molecule has 1 aromatic rings. The first-order valence-electron chi connectivity index (χ1n) is 2.84. The number of H-pyrrole nitrogens is 1. The van der Waals surface area contributed by atoms with Gasteiger partial charge >= 0.3 is 5.69 Å². The molecule has 0 saturated heterocycles. The minimum atomic E-state index is -0.322. The van der Waals surface area contributed by atoms with Crippen molar-refractivity contribution < 1.29 is 5.11 Å². The number of aromatic amines is 1. The van der Waals surface area contributed by atoms with E-state index in [4.69, 9.17) is 5.11 Å². The van der Waals surface area contributed by atoms with Gasteiger partial charge in [-0.3, -0.25) is 4.57 Å². The average Bonchev–Trinajstić information content (AvgIpc) is 2.20. The van der Waals surface area contributed by atoms with Gasteiger partial charge in [-0.1, -0.05) is 6.08 Å². The zero-order chi connectivity index (χ0) is 7.56. The molecule has 54 valence electrons. The molecule has 1 rings (SSSR count). The normalized spacial score (nSPS) is 9.60. The van der Waals surface area contributed by atoms with Gasteiger partial charge in [-0.2, -0.15) is 0 Å². The Hall–Kier alpha value is -1.45. The van der Waals surface area contributed by atoms with E-state index in [1.54, 1.807) is 0 Å². The third-order valence-corrected chi connectivity index (χ3v) is 1.16. The maximum atomic E-state index is 10.7. The van der Waals surface area contributed by atoms with Gasteiger partial charge in [0.15, 0.2) is 0 Å². The lowest BCUT2D eigenvalue weighted by Crippen LogP contribution is -2.15. The number of aromatic hydroxyl groups is 1. The molecule has 0 atom stereocenters. The second-order valence-electron chi connectivity index (χ2n) is 1.85. The van der Waals surface area contributed by atoms with Crippen molar-refractivity contribution >= 4 is 0 Å². The third kappa shape index (κ3) is 0.953. The summed E-state index contributed by atoms with van der Waals surface area (Å²) in [6, 6.07) is 0. The largest absolute Gasteiger partial charge is 0.493 e. The highest BCUT2D eigenvalue weighted by molar-refractivity contribution is 5.03. The van der Waals surface area contributed by atoms with E-state index in [0.29, 0.717) is 6.54 Å². The summed E-state index contributed by atoms with van der Waals surface area (Å²) in [7, 11) is 0. The molecule has 0 amide bonds. The van der Waals surface area contributed by atoms with Crippen LogP contribution in [0, 0.1) is 0 Å². The molecule has 1 aromatic heterocycles. The molecule has 0 saturated carbocycles.